The topological polar surface area (TPSA) is 170 Å². The maximum absolute atomic E-state index is 14.2. The van der Waals surface area contributed by atoms with E-state index in [2.05, 4.69) is 45.8 Å². The van der Waals surface area contributed by atoms with Crippen LogP contribution in [0.3, 0.4) is 0 Å². The number of carbonyl (C=O) groups excluding carboxylic acids is 2. The summed E-state index contributed by atoms with van der Waals surface area (Å²) in [6.45, 7) is 0. The van der Waals surface area contributed by atoms with Crippen molar-refractivity contribution in [2.24, 2.45) is 0 Å². The number of nitrogens with one attached hydrogen (secondary N) is 3. The van der Waals surface area contributed by atoms with Crippen molar-refractivity contribution in [2.45, 2.75) is 0 Å². The molecule has 13 nitrogen and oxygen atoms in total. The van der Waals surface area contributed by atoms with Gasteiger partial charge in [0.1, 0.15) is 46.3 Å². The zero-order chi connectivity index (χ0) is 47.1. The van der Waals surface area contributed by atoms with Gasteiger partial charge >= 0.3 is 0 Å². The summed E-state index contributed by atoms with van der Waals surface area (Å²) in [5, 5.41) is 11.6. The molecule has 0 radical (unpaired) electrons. The number of pyridine rings is 1. The van der Waals surface area contributed by atoms with Crippen molar-refractivity contribution in [1.29, 1.82) is 0 Å². The Hall–Kier alpha value is -9.09. The molecule has 0 aliphatic heterocycles. The van der Waals surface area contributed by atoms with E-state index in [-0.39, 0.29) is 39.0 Å². The first-order valence-corrected chi connectivity index (χ1v) is 20.6. The van der Waals surface area contributed by atoms with E-state index in [4.69, 9.17) is 21.1 Å². The van der Waals surface area contributed by atoms with Crippen LogP contribution in [0.25, 0.3) is 44.6 Å². The van der Waals surface area contributed by atoms with Crippen molar-refractivity contribution < 1.29 is 36.6 Å². The Morgan fingerprint density at radius 1 is 0.529 bits per heavy atom. The Morgan fingerprint density at radius 3 is 1.68 bits per heavy atom. The highest BCUT2D eigenvalue weighted by molar-refractivity contribution is 6.30. The molecule has 0 aliphatic rings. The van der Waals surface area contributed by atoms with Crippen LogP contribution in [0.15, 0.2) is 165 Å². The van der Waals surface area contributed by atoms with Crippen molar-refractivity contribution in [1.82, 2.24) is 35.1 Å². The van der Waals surface area contributed by atoms with Gasteiger partial charge in [-0.05, 0) is 84.9 Å². The smallest absolute Gasteiger partial charge is 0.255 e. The average Bonchev–Trinajstić information content (AvgIpc) is 3.88. The summed E-state index contributed by atoms with van der Waals surface area (Å²) in [5.41, 5.74) is 5.85. The molecule has 18 heteroatoms. The second-order valence-corrected chi connectivity index (χ2v) is 15.1. The van der Waals surface area contributed by atoms with E-state index in [0.29, 0.717) is 45.0 Å². The number of rotatable bonds is 10. The maximum atomic E-state index is 14.2. The van der Waals surface area contributed by atoms with Gasteiger partial charge in [-0.25, -0.2) is 27.5 Å². The number of fused-ring (bicyclic) bond motifs is 2. The molecule has 0 atom stereocenters. The van der Waals surface area contributed by atoms with Gasteiger partial charge in [-0.1, -0.05) is 17.7 Å². The number of hydrogen-bond donors (Lipinski definition) is 3. The number of anilines is 2. The molecule has 6 aromatic carbocycles. The van der Waals surface area contributed by atoms with E-state index in [1.807, 2.05) is 12.1 Å². The second-order valence-electron chi connectivity index (χ2n) is 14.6. The molecular formula is C50H30ClF4N9O4. The van der Waals surface area contributed by atoms with Crippen LogP contribution in [0.4, 0.5) is 28.9 Å². The number of aromatic amines is 1. The minimum absolute atomic E-state index is 0.0372. The van der Waals surface area contributed by atoms with E-state index in [9.17, 15) is 27.2 Å². The summed E-state index contributed by atoms with van der Waals surface area (Å²) in [5.74, 6) is -2.56. The van der Waals surface area contributed by atoms with Gasteiger partial charge in [-0.3, -0.25) is 29.6 Å². The Kier molecular flexibility index (Phi) is 12.7. The fourth-order valence-electron chi connectivity index (χ4n) is 6.63. The number of carbonyl (C=O) groups is 2. The molecule has 0 saturated carbocycles. The van der Waals surface area contributed by atoms with Crippen LogP contribution in [0, 0.1) is 23.3 Å². The Labute approximate surface area is 387 Å². The lowest BCUT2D eigenvalue weighted by Crippen LogP contribution is -2.12. The summed E-state index contributed by atoms with van der Waals surface area (Å²) in [7, 11) is 0. The predicted molar refractivity (Wildman–Crippen MR) is 247 cm³/mol. The summed E-state index contributed by atoms with van der Waals surface area (Å²) in [4.78, 5) is 46.9. The fourth-order valence-corrected chi connectivity index (χ4v) is 6.74. The van der Waals surface area contributed by atoms with Gasteiger partial charge < -0.3 is 20.1 Å². The van der Waals surface area contributed by atoms with Gasteiger partial charge in [0, 0.05) is 88.6 Å². The standard InChI is InChI=1S/C26H16F2N4O2.C24H14ClF2N5O2/c27-18-5-1-3-16(9-18)26(33)31-20-10-19(28)11-22(12-20)34-21-6-7-23-24(13-21)32-25(15-30-23)17-4-2-8-29-14-17;25-19-3-1-13(5-20(19)27)24(33)31-16-6-15(26)7-18(8-16)34-17-2-4-21-22(9-17)32-23(12-28-21)14-10-29-30-11-14/h1-15H,(H,31,33);1-12H,(H,29,30)(H,31,33). The number of amides is 2. The fraction of sp³-hybridized carbons (Fsp3) is 0. The highest BCUT2D eigenvalue weighted by atomic mass is 35.5. The lowest BCUT2D eigenvalue weighted by Gasteiger charge is -2.10. The average molecular weight is 932 g/mol. The first-order valence-electron chi connectivity index (χ1n) is 20.2. The number of aromatic nitrogens is 7. The summed E-state index contributed by atoms with van der Waals surface area (Å²) in [6.07, 6.45) is 10.0. The van der Waals surface area contributed by atoms with Gasteiger partial charge in [0.15, 0.2) is 0 Å². The SMILES string of the molecule is O=C(Nc1cc(F)cc(Oc2ccc3ncc(-c4cccnc4)nc3c2)c1)c1cccc(F)c1.O=C(Nc1cc(F)cc(Oc2ccc3ncc(-c4cn[nH]c4)nc3c2)c1)c1ccc(Cl)c(F)c1. The van der Waals surface area contributed by atoms with Crippen LogP contribution in [0.2, 0.25) is 5.02 Å². The summed E-state index contributed by atoms with van der Waals surface area (Å²) < 4.78 is 67.1. The Morgan fingerprint density at radius 2 is 1.13 bits per heavy atom. The predicted octanol–water partition coefficient (Wildman–Crippen LogP) is 12.0. The highest BCUT2D eigenvalue weighted by Gasteiger charge is 2.14. The zero-order valence-electron chi connectivity index (χ0n) is 34.8. The van der Waals surface area contributed by atoms with Crippen molar-refractivity contribution in [3.63, 3.8) is 0 Å². The molecule has 0 spiro atoms. The second kappa shape index (κ2) is 19.6. The van der Waals surface area contributed by atoms with Gasteiger partial charge in [-0.2, -0.15) is 5.10 Å². The number of H-pyrrole nitrogens is 1. The van der Waals surface area contributed by atoms with Crippen molar-refractivity contribution >= 4 is 56.9 Å². The number of ether oxygens (including phenoxy) is 2. The molecular weight excluding hydrogens is 902 g/mol. The number of benzene rings is 6. The van der Waals surface area contributed by atoms with Gasteiger partial charge in [0.05, 0.1) is 57.1 Å². The molecule has 0 bridgehead atoms. The zero-order valence-corrected chi connectivity index (χ0v) is 35.6. The van der Waals surface area contributed by atoms with E-state index < -0.39 is 35.1 Å². The Balaban J connectivity index is 0.000000170. The number of halogens is 5. The molecule has 0 fully saturated rings. The third-order valence-electron chi connectivity index (χ3n) is 9.78. The van der Waals surface area contributed by atoms with Crippen LogP contribution in [-0.4, -0.2) is 46.9 Å². The minimum atomic E-state index is -0.729. The largest absolute Gasteiger partial charge is 0.457 e. The molecule has 10 aromatic rings. The van der Waals surface area contributed by atoms with Crippen LogP contribution in [0.5, 0.6) is 23.0 Å². The number of nitrogens with zero attached hydrogens (tertiary/aromatic N) is 6. The molecule has 0 unspecified atom stereocenters. The first kappa shape index (κ1) is 44.1. The summed E-state index contributed by atoms with van der Waals surface area (Å²) >= 11 is 5.65. The number of hydrogen-bond acceptors (Lipinski definition) is 10. The van der Waals surface area contributed by atoms with Crippen LogP contribution < -0.4 is 20.1 Å². The quantitative estimate of drug-likeness (QED) is 0.112. The molecule has 334 valence electrons. The monoisotopic (exact) mass is 931 g/mol. The van der Waals surface area contributed by atoms with Gasteiger partial charge in [0.2, 0.25) is 0 Å². The van der Waals surface area contributed by atoms with Crippen molar-refractivity contribution in [2.75, 3.05) is 10.6 Å². The third kappa shape index (κ3) is 10.7. The molecule has 68 heavy (non-hydrogen) atoms. The first-order chi connectivity index (χ1) is 33.0. The lowest BCUT2D eigenvalue weighted by atomic mass is 10.2. The third-order valence-corrected chi connectivity index (χ3v) is 10.1. The molecule has 0 aliphatic carbocycles. The van der Waals surface area contributed by atoms with E-state index in [1.54, 1.807) is 73.6 Å². The highest BCUT2D eigenvalue weighted by Crippen LogP contribution is 2.31. The van der Waals surface area contributed by atoms with Gasteiger partial charge in [0.25, 0.3) is 11.8 Å². The van der Waals surface area contributed by atoms with Crippen LogP contribution in [-0.2, 0) is 0 Å². The van der Waals surface area contributed by atoms with Crippen molar-refractivity contribution in [3.05, 3.63) is 204 Å². The Bertz CT molecular complexity index is 3500. The normalized spacial score (nSPS) is 10.8. The van der Waals surface area contributed by atoms with E-state index in [1.165, 1.54) is 54.6 Å². The minimum Gasteiger partial charge on any atom is -0.457 e. The lowest BCUT2D eigenvalue weighted by molar-refractivity contribution is 0.101. The van der Waals surface area contributed by atoms with Crippen molar-refractivity contribution in [3.8, 4) is 45.5 Å². The molecule has 0 saturated heterocycles. The molecule has 4 heterocycles. The summed E-state index contributed by atoms with van der Waals surface area (Å²) in [6, 6.07) is 30.3. The van der Waals surface area contributed by atoms with Crippen LogP contribution in [0.1, 0.15) is 20.7 Å². The molecule has 4 aromatic heterocycles. The van der Waals surface area contributed by atoms with E-state index in [0.717, 1.165) is 35.4 Å². The molecule has 2 amide bonds. The molecule has 3 N–H and O–H groups in total. The van der Waals surface area contributed by atoms with Gasteiger partial charge in [-0.15, -0.1) is 0 Å². The van der Waals surface area contributed by atoms with Crippen LogP contribution >= 0.6 is 11.6 Å². The van der Waals surface area contributed by atoms with E-state index >= 15 is 0 Å². The maximum Gasteiger partial charge on any atom is 0.255 e. The molecule has 10 rings (SSSR count).